The molecule has 10 heteroatoms. The van der Waals surface area contributed by atoms with Crippen LogP contribution in [-0.2, 0) is 10.1 Å². The van der Waals surface area contributed by atoms with Gasteiger partial charge in [0.15, 0.2) is 0 Å². The number of rotatable bonds is 4. The van der Waals surface area contributed by atoms with Crippen molar-refractivity contribution in [1.29, 1.82) is 0 Å². The first kappa shape index (κ1) is 17.8. The number of hydrogen-bond acceptors (Lipinski definition) is 5. The molecule has 2 aromatic rings. The average molecular weight is 397 g/mol. The number of nitro benzene ring substituents is 1. The normalized spacial score (nSPS) is 11.3. The standard InChI is InChI=1S/C13H8Cl3NO5S/c1-7-2-3-12(11(4-7)17(18)19)22-23(20,21)13-6-9(15)8(14)5-10(13)16/h2-6H,1H3. The molecule has 0 bridgehead atoms. The van der Waals surface area contributed by atoms with Gasteiger partial charge in [-0.05, 0) is 30.7 Å². The summed E-state index contributed by atoms with van der Waals surface area (Å²) in [6.45, 7) is 1.63. The molecule has 23 heavy (non-hydrogen) atoms. The van der Waals surface area contributed by atoms with Crippen molar-refractivity contribution in [3.05, 3.63) is 61.1 Å². The van der Waals surface area contributed by atoms with Crippen LogP contribution in [0, 0.1) is 17.0 Å². The van der Waals surface area contributed by atoms with Crippen LogP contribution >= 0.6 is 34.8 Å². The van der Waals surface area contributed by atoms with Crippen molar-refractivity contribution in [2.45, 2.75) is 11.8 Å². The molecule has 0 spiro atoms. The Morgan fingerprint density at radius 1 is 1.04 bits per heavy atom. The van der Waals surface area contributed by atoms with Gasteiger partial charge >= 0.3 is 15.8 Å². The predicted molar refractivity (Wildman–Crippen MR) is 87.1 cm³/mol. The lowest BCUT2D eigenvalue weighted by Gasteiger charge is -2.10. The van der Waals surface area contributed by atoms with Crippen LogP contribution in [0.1, 0.15) is 5.56 Å². The summed E-state index contributed by atoms with van der Waals surface area (Å²) in [5.41, 5.74) is 0.0961. The van der Waals surface area contributed by atoms with Gasteiger partial charge in [-0.1, -0.05) is 40.9 Å². The van der Waals surface area contributed by atoms with E-state index in [2.05, 4.69) is 0 Å². The van der Waals surface area contributed by atoms with Gasteiger partial charge < -0.3 is 4.18 Å². The zero-order chi connectivity index (χ0) is 17.4. The monoisotopic (exact) mass is 395 g/mol. The summed E-state index contributed by atoms with van der Waals surface area (Å²) in [6, 6.07) is 6.03. The van der Waals surface area contributed by atoms with E-state index in [1.807, 2.05) is 0 Å². The van der Waals surface area contributed by atoms with Gasteiger partial charge in [0.2, 0.25) is 5.75 Å². The third-order valence-electron chi connectivity index (χ3n) is 2.75. The molecule has 0 aliphatic rings. The molecule has 2 aromatic carbocycles. The summed E-state index contributed by atoms with van der Waals surface area (Å²) in [5, 5.41) is 10.8. The maximum absolute atomic E-state index is 12.3. The van der Waals surface area contributed by atoms with Gasteiger partial charge in [-0.3, -0.25) is 10.1 Å². The molecule has 0 fully saturated rings. The summed E-state index contributed by atoms with van der Waals surface area (Å²) in [5.74, 6) is -0.428. The minimum absolute atomic E-state index is 0.0448. The van der Waals surface area contributed by atoms with Crippen LogP contribution in [-0.4, -0.2) is 13.3 Å². The molecule has 0 aliphatic heterocycles. The van der Waals surface area contributed by atoms with Crippen molar-refractivity contribution in [2.24, 2.45) is 0 Å². The van der Waals surface area contributed by atoms with Gasteiger partial charge in [0.05, 0.1) is 20.0 Å². The van der Waals surface area contributed by atoms with Crippen LogP contribution in [0.5, 0.6) is 5.75 Å². The number of aryl methyl sites for hydroxylation is 1. The summed E-state index contributed by atoms with van der Waals surface area (Å²) in [6.07, 6.45) is 0. The molecule has 0 aliphatic carbocycles. The highest BCUT2D eigenvalue weighted by Gasteiger charge is 2.26. The van der Waals surface area contributed by atoms with E-state index in [1.54, 1.807) is 6.92 Å². The highest BCUT2D eigenvalue weighted by Crippen LogP contribution is 2.35. The first-order valence-corrected chi connectivity index (χ1v) is 8.50. The Balaban J connectivity index is 2.52. The van der Waals surface area contributed by atoms with E-state index in [-0.39, 0.29) is 15.1 Å². The molecule has 122 valence electrons. The molecule has 0 saturated carbocycles. The predicted octanol–water partition coefficient (Wildman–Crippen LogP) is 4.63. The lowest BCUT2D eigenvalue weighted by Crippen LogP contribution is -2.11. The topological polar surface area (TPSA) is 86.5 Å². The quantitative estimate of drug-likeness (QED) is 0.325. The van der Waals surface area contributed by atoms with Crippen molar-refractivity contribution < 1.29 is 17.5 Å². The minimum Gasteiger partial charge on any atom is -0.372 e. The fraction of sp³-hybridized carbons (Fsp3) is 0.0769. The van der Waals surface area contributed by atoms with Crippen LogP contribution < -0.4 is 4.18 Å². The van der Waals surface area contributed by atoms with Crippen molar-refractivity contribution in [3.63, 3.8) is 0 Å². The molecule has 0 heterocycles. The molecule has 0 N–H and O–H groups in total. The van der Waals surface area contributed by atoms with Gasteiger partial charge in [-0.25, -0.2) is 0 Å². The first-order valence-electron chi connectivity index (χ1n) is 5.96. The smallest absolute Gasteiger partial charge is 0.341 e. The van der Waals surface area contributed by atoms with E-state index in [9.17, 15) is 18.5 Å². The Morgan fingerprint density at radius 2 is 1.65 bits per heavy atom. The van der Waals surface area contributed by atoms with Crippen molar-refractivity contribution in [1.82, 2.24) is 0 Å². The molecule has 0 atom stereocenters. The van der Waals surface area contributed by atoms with Gasteiger partial charge in [0.1, 0.15) is 4.90 Å². The summed E-state index contributed by atoms with van der Waals surface area (Å²) in [4.78, 5) is 9.85. The van der Waals surface area contributed by atoms with E-state index >= 15 is 0 Å². The lowest BCUT2D eigenvalue weighted by atomic mass is 10.2. The number of nitro groups is 1. The van der Waals surface area contributed by atoms with Gasteiger partial charge in [0.25, 0.3) is 0 Å². The number of nitrogens with zero attached hydrogens (tertiary/aromatic N) is 1. The second kappa shape index (κ2) is 6.52. The maximum atomic E-state index is 12.3. The summed E-state index contributed by atoms with van der Waals surface area (Å²) < 4.78 is 29.5. The minimum atomic E-state index is -4.43. The maximum Gasteiger partial charge on any atom is 0.341 e. The molecular weight excluding hydrogens is 389 g/mol. The Labute approximate surface area is 146 Å². The lowest BCUT2D eigenvalue weighted by molar-refractivity contribution is -0.385. The SMILES string of the molecule is Cc1ccc(OS(=O)(=O)c2cc(Cl)c(Cl)cc2Cl)c([N+](=O)[O-])c1. The second-order valence-corrected chi connectivity index (χ2v) is 7.20. The number of hydrogen-bond donors (Lipinski definition) is 0. The van der Waals surface area contributed by atoms with Crippen LogP contribution in [0.3, 0.4) is 0 Å². The van der Waals surface area contributed by atoms with Crippen molar-refractivity contribution in [3.8, 4) is 5.75 Å². The molecule has 2 rings (SSSR count). The number of halogens is 3. The largest absolute Gasteiger partial charge is 0.372 e. The molecule has 0 aromatic heterocycles. The summed E-state index contributed by atoms with van der Waals surface area (Å²) in [7, 11) is -4.43. The third-order valence-corrected chi connectivity index (χ3v) is 5.18. The molecule has 0 amide bonds. The molecule has 0 unspecified atom stereocenters. The fourth-order valence-electron chi connectivity index (χ4n) is 1.70. The zero-order valence-electron chi connectivity index (χ0n) is 11.4. The van der Waals surface area contributed by atoms with E-state index < -0.39 is 31.4 Å². The highest BCUT2D eigenvalue weighted by molar-refractivity contribution is 7.87. The van der Waals surface area contributed by atoms with Gasteiger partial charge in [-0.2, -0.15) is 8.42 Å². The zero-order valence-corrected chi connectivity index (χ0v) is 14.5. The van der Waals surface area contributed by atoms with Crippen molar-refractivity contribution >= 4 is 50.6 Å². The van der Waals surface area contributed by atoms with Crippen LogP contribution in [0.2, 0.25) is 15.1 Å². The van der Waals surface area contributed by atoms with Crippen LogP contribution in [0.15, 0.2) is 35.2 Å². The fourth-order valence-corrected chi connectivity index (χ4v) is 3.62. The van der Waals surface area contributed by atoms with E-state index in [1.165, 1.54) is 18.2 Å². The van der Waals surface area contributed by atoms with Crippen LogP contribution in [0.4, 0.5) is 5.69 Å². The Morgan fingerprint density at radius 3 is 2.26 bits per heavy atom. The van der Waals surface area contributed by atoms with E-state index in [0.717, 1.165) is 12.1 Å². The van der Waals surface area contributed by atoms with E-state index in [0.29, 0.717) is 5.56 Å². The Hall–Kier alpha value is -1.54. The molecule has 0 radical (unpaired) electrons. The second-order valence-electron chi connectivity index (χ2n) is 4.46. The van der Waals surface area contributed by atoms with Gasteiger partial charge in [-0.15, -0.1) is 0 Å². The Kier molecular flexibility index (Phi) is 5.05. The summed E-state index contributed by atoms with van der Waals surface area (Å²) >= 11 is 17.4. The molecular formula is C13H8Cl3NO5S. The van der Waals surface area contributed by atoms with Crippen LogP contribution in [0.25, 0.3) is 0 Å². The van der Waals surface area contributed by atoms with Crippen molar-refractivity contribution in [2.75, 3.05) is 0 Å². The highest BCUT2D eigenvalue weighted by atomic mass is 35.5. The van der Waals surface area contributed by atoms with E-state index in [4.69, 9.17) is 39.0 Å². The molecule has 0 saturated heterocycles. The number of benzene rings is 2. The first-order chi connectivity index (χ1) is 10.6. The third kappa shape index (κ3) is 3.87. The average Bonchev–Trinajstić information content (AvgIpc) is 2.44. The van der Waals surface area contributed by atoms with Gasteiger partial charge in [0, 0.05) is 6.07 Å². The Bertz CT molecular complexity index is 899. The molecule has 6 nitrogen and oxygen atoms in total.